The van der Waals surface area contributed by atoms with Crippen LogP contribution in [-0.2, 0) is 7.05 Å². The van der Waals surface area contributed by atoms with E-state index < -0.39 is 4.92 Å². The molecule has 0 atom stereocenters. The van der Waals surface area contributed by atoms with Crippen LogP contribution in [-0.4, -0.2) is 20.5 Å². The van der Waals surface area contributed by atoms with Crippen LogP contribution in [0.1, 0.15) is 10.6 Å². The molecule has 0 saturated heterocycles. The first-order valence-electron chi connectivity index (χ1n) is 7.11. The lowest BCUT2D eigenvalue weighted by Crippen LogP contribution is -2.19. The Morgan fingerprint density at radius 2 is 1.92 bits per heavy atom. The minimum absolute atomic E-state index is 0.0444. The second-order valence-corrected chi connectivity index (χ2v) is 6.20. The number of rotatable bonds is 4. The first-order chi connectivity index (χ1) is 11.5. The Hall–Kier alpha value is -3.00. The Balaban J connectivity index is 2.01. The Labute approximate surface area is 141 Å². The van der Waals surface area contributed by atoms with E-state index in [0.717, 1.165) is 17.0 Å². The fraction of sp³-hybridized carbons (Fsp3) is 0.125. The van der Waals surface area contributed by atoms with Gasteiger partial charge in [0.05, 0.1) is 21.2 Å². The second-order valence-electron chi connectivity index (χ2n) is 5.10. The number of thiophene rings is 1. The van der Waals surface area contributed by atoms with E-state index in [-0.39, 0.29) is 10.6 Å². The molecule has 0 aliphatic carbocycles. The van der Waals surface area contributed by atoms with E-state index in [9.17, 15) is 14.9 Å². The van der Waals surface area contributed by atoms with E-state index in [0.29, 0.717) is 16.3 Å². The van der Waals surface area contributed by atoms with Gasteiger partial charge >= 0.3 is 5.00 Å². The van der Waals surface area contributed by atoms with Crippen LogP contribution in [0, 0.1) is 17.0 Å². The van der Waals surface area contributed by atoms with Gasteiger partial charge < -0.3 is 0 Å². The SMILES string of the molecule is Cc1c(N=Cc2ccc([N+](=O)[O-])s2)c(=O)n(-c2ccccc2)n1C. The van der Waals surface area contributed by atoms with Crippen molar-refractivity contribution in [2.24, 2.45) is 12.0 Å². The highest BCUT2D eigenvalue weighted by Gasteiger charge is 2.15. The molecule has 0 bridgehead atoms. The molecule has 0 aliphatic rings. The van der Waals surface area contributed by atoms with Crippen molar-refractivity contribution in [2.75, 3.05) is 0 Å². The zero-order chi connectivity index (χ0) is 17.3. The number of nitro groups is 1. The first-order valence-corrected chi connectivity index (χ1v) is 7.93. The van der Waals surface area contributed by atoms with Gasteiger partial charge in [0, 0.05) is 19.3 Å². The minimum Gasteiger partial charge on any atom is -0.283 e. The molecule has 1 aromatic carbocycles. The highest BCUT2D eigenvalue weighted by atomic mass is 32.1. The summed E-state index contributed by atoms with van der Waals surface area (Å²) in [6, 6.07) is 12.3. The van der Waals surface area contributed by atoms with Crippen LogP contribution in [0.25, 0.3) is 5.69 Å². The number of aromatic nitrogens is 2. The molecule has 0 spiro atoms. The average molecular weight is 342 g/mol. The topological polar surface area (TPSA) is 82.4 Å². The molecule has 122 valence electrons. The number of benzene rings is 1. The van der Waals surface area contributed by atoms with Crippen LogP contribution in [0.2, 0.25) is 0 Å². The van der Waals surface area contributed by atoms with Gasteiger partial charge in [-0.1, -0.05) is 29.5 Å². The maximum Gasteiger partial charge on any atom is 0.324 e. The van der Waals surface area contributed by atoms with E-state index in [1.807, 2.05) is 37.3 Å². The smallest absolute Gasteiger partial charge is 0.283 e. The maximum absolute atomic E-state index is 12.7. The third-order valence-corrected chi connectivity index (χ3v) is 4.61. The molecular formula is C16H14N4O3S. The highest BCUT2D eigenvalue weighted by molar-refractivity contribution is 7.16. The van der Waals surface area contributed by atoms with Crippen LogP contribution >= 0.6 is 11.3 Å². The summed E-state index contributed by atoms with van der Waals surface area (Å²) in [5, 5.41) is 10.8. The van der Waals surface area contributed by atoms with Crippen molar-refractivity contribution in [3.63, 3.8) is 0 Å². The molecule has 0 unspecified atom stereocenters. The van der Waals surface area contributed by atoms with Crippen molar-refractivity contribution in [3.8, 4) is 5.69 Å². The molecule has 2 aromatic heterocycles. The number of aliphatic imine (C=N–C) groups is 1. The van der Waals surface area contributed by atoms with E-state index in [2.05, 4.69) is 4.99 Å². The van der Waals surface area contributed by atoms with E-state index in [1.165, 1.54) is 12.3 Å². The summed E-state index contributed by atoms with van der Waals surface area (Å²) in [6.45, 7) is 1.81. The van der Waals surface area contributed by atoms with E-state index in [4.69, 9.17) is 0 Å². The highest BCUT2D eigenvalue weighted by Crippen LogP contribution is 2.23. The summed E-state index contributed by atoms with van der Waals surface area (Å²) >= 11 is 1.02. The van der Waals surface area contributed by atoms with Crippen LogP contribution in [0.5, 0.6) is 0 Å². The predicted octanol–water partition coefficient (Wildman–Crippen LogP) is 3.20. The summed E-state index contributed by atoms with van der Waals surface area (Å²) in [7, 11) is 1.79. The van der Waals surface area contributed by atoms with Gasteiger partial charge in [0.25, 0.3) is 5.56 Å². The van der Waals surface area contributed by atoms with Gasteiger partial charge in [-0.2, -0.15) is 0 Å². The normalized spacial score (nSPS) is 11.2. The van der Waals surface area contributed by atoms with E-state index in [1.54, 1.807) is 22.5 Å². The van der Waals surface area contributed by atoms with Gasteiger partial charge in [0.2, 0.25) is 0 Å². The van der Waals surface area contributed by atoms with Crippen molar-refractivity contribution >= 4 is 28.2 Å². The lowest BCUT2D eigenvalue weighted by Gasteiger charge is -2.07. The van der Waals surface area contributed by atoms with E-state index >= 15 is 0 Å². The standard InChI is InChI=1S/C16H14N4O3S/c1-11-15(17-10-13-8-9-14(24-13)20(22)23)16(21)19(18(11)2)12-6-4-3-5-7-12/h3-10H,1-2H3. The number of nitrogens with zero attached hydrogens (tertiary/aromatic N) is 4. The molecule has 0 aliphatic heterocycles. The molecule has 3 aromatic rings. The third-order valence-electron chi connectivity index (χ3n) is 3.64. The van der Waals surface area contributed by atoms with Crippen LogP contribution in [0.15, 0.2) is 52.3 Å². The quantitative estimate of drug-likeness (QED) is 0.415. The van der Waals surface area contributed by atoms with Gasteiger partial charge in [-0.05, 0) is 25.1 Å². The summed E-state index contributed by atoms with van der Waals surface area (Å²) in [6.07, 6.45) is 1.48. The molecule has 0 N–H and O–H groups in total. The summed E-state index contributed by atoms with van der Waals surface area (Å²) < 4.78 is 3.28. The lowest BCUT2D eigenvalue weighted by atomic mass is 10.3. The van der Waals surface area contributed by atoms with Gasteiger partial charge in [-0.25, -0.2) is 9.67 Å². The zero-order valence-electron chi connectivity index (χ0n) is 13.0. The molecule has 7 nitrogen and oxygen atoms in total. The fourth-order valence-electron chi connectivity index (χ4n) is 2.34. The van der Waals surface area contributed by atoms with Crippen molar-refractivity contribution in [1.29, 1.82) is 0 Å². The summed E-state index contributed by atoms with van der Waals surface area (Å²) in [5.74, 6) is 0. The molecule has 24 heavy (non-hydrogen) atoms. The second kappa shape index (κ2) is 6.25. The van der Waals surface area contributed by atoms with Crippen molar-refractivity contribution < 1.29 is 4.92 Å². The molecule has 0 saturated carbocycles. The largest absolute Gasteiger partial charge is 0.324 e. The Morgan fingerprint density at radius 3 is 2.54 bits per heavy atom. The lowest BCUT2D eigenvalue weighted by molar-refractivity contribution is -0.380. The monoisotopic (exact) mass is 342 g/mol. The first kappa shape index (κ1) is 15.9. The van der Waals surface area contributed by atoms with Crippen molar-refractivity contribution in [2.45, 2.75) is 6.92 Å². The number of hydrogen-bond acceptors (Lipinski definition) is 5. The summed E-state index contributed by atoms with van der Waals surface area (Å²) in [4.78, 5) is 27.8. The van der Waals surface area contributed by atoms with Crippen LogP contribution in [0.4, 0.5) is 10.7 Å². The third kappa shape index (κ3) is 2.79. The van der Waals surface area contributed by atoms with Gasteiger partial charge in [0.15, 0.2) is 5.69 Å². The van der Waals surface area contributed by atoms with Gasteiger partial charge in [0.1, 0.15) is 0 Å². The minimum atomic E-state index is -0.446. The molecule has 0 radical (unpaired) electrons. The molecule has 2 heterocycles. The summed E-state index contributed by atoms with van der Waals surface area (Å²) in [5.41, 5.74) is 1.55. The van der Waals surface area contributed by atoms with Gasteiger partial charge in [-0.15, -0.1) is 0 Å². The molecule has 0 fully saturated rings. The molecular weight excluding hydrogens is 328 g/mol. The molecule has 3 rings (SSSR count). The van der Waals surface area contributed by atoms with Crippen LogP contribution in [0.3, 0.4) is 0 Å². The zero-order valence-corrected chi connectivity index (χ0v) is 13.9. The Morgan fingerprint density at radius 1 is 1.21 bits per heavy atom. The molecule has 0 amide bonds. The molecule has 8 heteroatoms. The Kier molecular flexibility index (Phi) is 4.13. The van der Waals surface area contributed by atoms with Crippen LogP contribution < -0.4 is 5.56 Å². The number of hydrogen-bond donors (Lipinski definition) is 0. The fourth-order valence-corrected chi connectivity index (χ4v) is 3.03. The maximum atomic E-state index is 12.7. The predicted molar refractivity (Wildman–Crippen MR) is 94.0 cm³/mol. The van der Waals surface area contributed by atoms with Crippen molar-refractivity contribution in [3.05, 3.63) is 73.5 Å². The Bertz CT molecular complexity index is 983. The van der Waals surface area contributed by atoms with Crippen molar-refractivity contribution in [1.82, 2.24) is 9.36 Å². The number of para-hydroxylation sites is 1. The average Bonchev–Trinajstić information content (AvgIpc) is 3.12. The van der Waals surface area contributed by atoms with Gasteiger partial charge in [-0.3, -0.25) is 19.6 Å².